The van der Waals surface area contributed by atoms with E-state index in [4.69, 9.17) is 0 Å². The van der Waals surface area contributed by atoms with Crippen LogP contribution >= 0.6 is 0 Å². The van der Waals surface area contributed by atoms with Crippen LogP contribution in [0.1, 0.15) is 23.6 Å². The number of pyridine rings is 1. The van der Waals surface area contributed by atoms with Crippen LogP contribution < -0.4 is 5.32 Å². The van der Waals surface area contributed by atoms with Gasteiger partial charge in [0.1, 0.15) is 5.82 Å². The largest absolute Gasteiger partial charge is 0.352 e. The molecule has 3 rings (SSSR count). The Morgan fingerprint density at radius 1 is 1.24 bits per heavy atom. The van der Waals surface area contributed by atoms with Crippen molar-refractivity contribution in [2.45, 2.75) is 24.8 Å². The Balaban J connectivity index is 1.80. The van der Waals surface area contributed by atoms with Crippen molar-refractivity contribution < 1.29 is 17.6 Å². The second-order valence-electron chi connectivity index (χ2n) is 6.24. The van der Waals surface area contributed by atoms with Crippen LogP contribution in [0.5, 0.6) is 0 Å². The number of nitrogens with zero attached hydrogens (tertiary/aromatic N) is 1. The van der Waals surface area contributed by atoms with Crippen LogP contribution in [0, 0.1) is 5.82 Å². The van der Waals surface area contributed by atoms with Crippen LogP contribution in [-0.4, -0.2) is 36.9 Å². The number of hydrogen-bond acceptors (Lipinski definition) is 4. The van der Waals surface area contributed by atoms with E-state index >= 15 is 0 Å². The standard InChI is InChI=1S/C18H19FN2O3S/c19-14-6-4-13(5-7-14)17(11-15-3-1-2-9-20-15)18(22)21-16-8-10-25(23,24)12-16/h1-7,9,16-17H,8,10-12H2,(H,21,22). The average molecular weight is 362 g/mol. The summed E-state index contributed by atoms with van der Waals surface area (Å²) in [6.07, 6.45) is 2.43. The average Bonchev–Trinajstić information content (AvgIpc) is 2.93. The topological polar surface area (TPSA) is 76.1 Å². The van der Waals surface area contributed by atoms with Crippen molar-refractivity contribution >= 4 is 15.7 Å². The summed E-state index contributed by atoms with van der Waals surface area (Å²) in [5.41, 5.74) is 1.41. The third-order valence-electron chi connectivity index (χ3n) is 4.31. The number of aromatic nitrogens is 1. The third kappa shape index (κ3) is 4.63. The zero-order valence-electron chi connectivity index (χ0n) is 13.6. The molecule has 1 aromatic carbocycles. The first-order chi connectivity index (χ1) is 11.9. The van der Waals surface area contributed by atoms with Gasteiger partial charge in [-0.05, 0) is 36.2 Å². The molecule has 25 heavy (non-hydrogen) atoms. The lowest BCUT2D eigenvalue weighted by molar-refractivity contribution is -0.123. The van der Waals surface area contributed by atoms with Crippen LogP contribution in [0.2, 0.25) is 0 Å². The molecule has 0 aliphatic carbocycles. The molecule has 132 valence electrons. The Hall–Kier alpha value is -2.28. The highest BCUT2D eigenvalue weighted by Crippen LogP contribution is 2.22. The lowest BCUT2D eigenvalue weighted by Gasteiger charge is -2.19. The lowest BCUT2D eigenvalue weighted by atomic mass is 9.92. The number of benzene rings is 1. The zero-order chi connectivity index (χ0) is 17.9. The normalized spacial score (nSPS) is 20.1. The van der Waals surface area contributed by atoms with E-state index in [1.165, 1.54) is 12.1 Å². The molecule has 0 radical (unpaired) electrons. The first-order valence-electron chi connectivity index (χ1n) is 8.09. The fourth-order valence-corrected chi connectivity index (χ4v) is 4.67. The van der Waals surface area contributed by atoms with Gasteiger partial charge in [-0.15, -0.1) is 0 Å². The second kappa shape index (κ2) is 7.31. The number of amides is 1. The summed E-state index contributed by atoms with van der Waals surface area (Å²) in [5, 5.41) is 2.83. The van der Waals surface area contributed by atoms with Crippen molar-refractivity contribution in [1.29, 1.82) is 0 Å². The highest BCUT2D eigenvalue weighted by atomic mass is 32.2. The molecule has 1 saturated heterocycles. The minimum atomic E-state index is -3.07. The first kappa shape index (κ1) is 17.5. The SMILES string of the molecule is O=C(NC1CCS(=O)(=O)C1)C(Cc1ccccn1)c1ccc(F)cc1. The van der Waals surface area contributed by atoms with E-state index in [0.29, 0.717) is 18.4 Å². The van der Waals surface area contributed by atoms with Crippen LogP contribution in [0.25, 0.3) is 0 Å². The van der Waals surface area contributed by atoms with E-state index in [1.54, 1.807) is 24.4 Å². The molecule has 1 aliphatic heterocycles. The van der Waals surface area contributed by atoms with Gasteiger partial charge >= 0.3 is 0 Å². The van der Waals surface area contributed by atoms with E-state index in [9.17, 15) is 17.6 Å². The third-order valence-corrected chi connectivity index (χ3v) is 6.08. The van der Waals surface area contributed by atoms with Crippen LogP contribution in [0.4, 0.5) is 4.39 Å². The molecule has 1 aliphatic rings. The van der Waals surface area contributed by atoms with Gasteiger partial charge in [-0.25, -0.2) is 12.8 Å². The predicted octanol–water partition coefficient (Wildman–Crippen LogP) is 1.85. The Kier molecular flexibility index (Phi) is 5.13. The van der Waals surface area contributed by atoms with Crippen molar-refractivity contribution in [3.63, 3.8) is 0 Å². The molecule has 2 aromatic rings. The van der Waals surface area contributed by atoms with Gasteiger partial charge in [0, 0.05) is 24.4 Å². The molecule has 0 bridgehead atoms. The van der Waals surface area contributed by atoms with E-state index in [-0.39, 0.29) is 29.3 Å². The summed E-state index contributed by atoms with van der Waals surface area (Å²) < 4.78 is 36.4. The van der Waals surface area contributed by atoms with Gasteiger partial charge in [-0.1, -0.05) is 18.2 Å². The molecule has 0 saturated carbocycles. The number of carbonyl (C=O) groups is 1. The van der Waals surface area contributed by atoms with Gasteiger partial charge in [0.2, 0.25) is 5.91 Å². The molecule has 0 spiro atoms. The number of rotatable bonds is 5. The molecular formula is C18H19FN2O3S. The van der Waals surface area contributed by atoms with E-state index in [0.717, 1.165) is 5.69 Å². The molecule has 2 heterocycles. The molecule has 1 fully saturated rings. The summed E-state index contributed by atoms with van der Waals surface area (Å²) in [7, 11) is -3.07. The Bertz CT molecular complexity index is 838. The number of sulfone groups is 1. The van der Waals surface area contributed by atoms with Gasteiger partial charge < -0.3 is 5.32 Å². The highest BCUT2D eigenvalue weighted by Gasteiger charge is 2.31. The molecule has 1 N–H and O–H groups in total. The number of nitrogens with one attached hydrogen (secondary N) is 1. The lowest BCUT2D eigenvalue weighted by Crippen LogP contribution is -2.39. The van der Waals surface area contributed by atoms with E-state index in [2.05, 4.69) is 10.3 Å². The summed E-state index contributed by atoms with van der Waals surface area (Å²) >= 11 is 0. The van der Waals surface area contributed by atoms with Crippen LogP contribution in [0.3, 0.4) is 0 Å². The minimum Gasteiger partial charge on any atom is -0.352 e. The Morgan fingerprint density at radius 3 is 2.60 bits per heavy atom. The summed E-state index contributed by atoms with van der Waals surface area (Å²) in [5.74, 6) is -1.13. The molecule has 1 amide bonds. The molecule has 2 atom stereocenters. The molecule has 5 nitrogen and oxygen atoms in total. The maximum Gasteiger partial charge on any atom is 0.228 e. The fourth-order valence-electron chi connectivity index (χ4n) is 3.00. The highest BCUT2D eigenvalue weighted by molar-refractivity contribution is 7.91. The molecule has 1 aromatic heterocycles. The maximum absolute atomic E-state index is 13.2. The first-order valence-corrected chi connectivity index (χ1v) is 9.91. The summed E-state index contributed by atoms with van der Waals surface area (Å²) in [6.45, 7) is 0. The monoisotopic (exact) mass is 362 g/mol. The van der Waals surface area contributed by atoms with Crippen molar-refractivity contribution in [2.24, 2.45) is 0 Å². The molecule has 7 heteroatoms. The Morgan fingerprint density at radius 2 is 2.00 bits per heavy atom. The van der Waals surface area contributed by atoms with Crippen molar-refractivity contribution in [3.05, 3.63) is 65.7 Å². The number of hydrogen-bond donors (Lipinski definition) is 1. The summed E-state index contributed by atoms with van der Waals surface area (Å²) in [6, 6.07) is 10.9. The van der Waals surface area contributed by atoms with Gasteiger partial charge in [0.15, 0.2) is 9.84 Å². The number of carbonyl (C=O) groups excluding carboxylic acids is 1. The minimum absolute atomic E-state index is 0.0293. The van der Waals surface area contributed by atoms with E-state index in [1.807, 2.05) is 12.1 Å². The fraction of sp³-hybridized carbons (Fsp3) is 0.333. The predicted molar refractivity (Wildman–Crippen MR) is 92.3 cm³/mol. The smallest absolute Gasteiger partial charge is 0.228 e. The van der Waals surface area contributed by atoms with Crippen LogP contribution in [0.15, 0.2) is 48.7 Å². The zero-order valence-corrected chi connectivity index (χ0v) is 14.4. The van der Waals surface area contributed by atoms with Crippen molar-refractivity contribution in [3.8, 4) is 0 Å². The van der Waals surface area contributed by atoms with Gasteiger partial charge in [-0.2, -0.15) is 0 Å². The quantitative estimate of drug-likeness (QED) is 0.881. The van der Waals surface area contributed by atoms with Crippen molar-refractivity contribution in [2.75, 3.05) is 11.5 Å². The van der Waals surface area contributed by atoms with Gasteiger partial charge in [0.05, 0.1) is 17.4 Å². The van der Waals surface area contributed by atoms with E-state index < -0.39 is 15.8 Å². The molecular weight excluding hydrogens is 343 g/mol. The van der Waals surface area contributed by atoms with Gasteiger partial charge in [-0.3, -0.25) is 9.78 Å². The number of halogens is 1. The summed E-state index contributed by atoms with van der Waals surface area (Å²) in [4.78, 5) is 17.0. The van der Waals surface area contributed by atoms with Gasteiger partial charge in [0.25, 0.3) is 0 Å². The second-order valence-corrected chi connectivity index (χ2v) is 8.47. The van der Waals surface area contributed by atoms with Crippen LogP contribution in [-0.2, 0) is 21.1 Å². The maximum atomic E-state index is 13.2. The van der Waals surface area contributed by atoms with Crippen molar-refractivity contribution in [1.82, 2.24) is 10.3 Å². The Labute approximate surface area is 146 Å². The molecule has 2 unspecified atom stereocenters.